The van der Waals surface area contributed by atoms with Gasteiger partial charge in [-0.2, -0.15) is 0 Å². The van der Waals surface area contributed by atoms with Crippen molar-refractivity contribution in [3.05, 3.63) is 35.4 Å². The third-order valence-electron chi connectivity index (χ3n) is 5.76. The number of carbonyl (C=O) groups is 2. The number of benzene rings is 1. The number of ether oxygens (including phenoxy) is 1. The number of hydrogen-bond acceptors (Lipinski definition) is 4. The zero-order valence-corrected chi connectivity index (χ0v) is 17.5. The van der Waals surface area contributed by atoms with Crippen molar-refractivity contribution < 1.29 is 14.3 Å². The van der Waals surface area contributed by atoms with Crippen LogP contribution in [0.4, 0.5) is 9.59 Å². The number of hydrogen-bond donors (Lipinski definition) is 2. The molecule has 2 fully saturated rings. The van der Waals surface area contributed by atoms with Gasteiger partial charge < -0.3 is 20.3 Å². The van der Waals surface area contributed by atoms with Crippen LogP contribution in [0.25, 0.3) is 0 Å². The molecule has 0 aromatic heterocycles. The predicted molar refractivity (Wildman–Crippen MR) is 113 cm³/mol. The average molecular weight is 403 g/mol. The minimum absolute atomic E-state index is 0.0873. The Kier molecular flexibility index (Phi) is 8.16. The van der Waals surface area contributed by atoms with Crippen molar-refractivity contribution >= 4 is 12.1 Å². The lowest BCUT2D eigenvalue weighted by molar-refractivity contribution is 0.0957. The number of nitrogens with zero attached hydrogens (tertiary/aromatic N) is 2. The molecule has 2 saturated heterocycles. The molecule has 0 bridgehead atoms. The van der Waals surface area contributed by atoms with Crippen molar-refractivity contribution in [2.75, 3.05) is 32.8 Å². The van der Waals surface area contributed by atoms with Gasteiger partial charge in [0, 0.05) is 32.2 Å². The van der Waals surface area contributed by atoms with E-state index in [1.54, 1.807) is 11.8 Å². The average Bonchev–Trinajstić information content (AvgIpc) is 2.74. The largest absolute Gasteiger partial charge is 0.450 e. The van der Waals surface area contributed by atoms with Crippen LogP contribution in [-0.4, -0.2) is 60.8 Å². The summed E-state index contributed by atoms with van der Waals surface area (Å²) in [5.41, 5.74) is 2.46. The predicted octanol–water partition coefficient (Wildman–Crippen LogP) is 3.09. The molecule has 2 heterocycles. The van der Waals surface area contributed by atoms with E-state index in [0.29, 0.717) is 26.2 Å². The van der Waals surface area contributed by atoms with Gasteiger partial charge in [-0.1, -0.05) is 30.7 Å². The molecule has 3 amide bonds. The fourth-order valence-corrected chi connectivity index (χ4v) is 4.08. The third-order valence-corrected chi connectivity index (χ3v) is 5.76. The van der Waals surface area contributed by atoms with Crippen LogP contribution in [0.5, 0.6) is 0 Å². The molecule has 2 aliphatic heterocycles. The van der Waals surface area contributed by atoms with Crippen LogP contribution in [-0.2, 0) is 17.8 Å². The minimum Gasteiger partial charge on any atom is -0.450 e. The number of nitrogens with one attached hydrogen (secondary N) is 2. The summed E-state index contributed by atoms with van der Waals surface area (Å²) >= 11 is 0. The molecule has 160 valence electrons. The molecule has 3 rings (SSSR count). The van der Waals surface area contributed by atoms with E-state index in [1.807, 2.05) is 6.07 Å². The highest BCUT2D eigenvalue weighted by atomic mass is 16.6. The van der Waals surface area contributed by atoms with Crippen molar-refractivity contribution in [2.45, 2.75) is 58.2 Å². The Morgan fingerprint density at radius 2 is 1.72 bits per heavy atom. The van der Waals surface area contributed by atoms with Crippen molar-refractivity contribution in [2.24, 2.45) is 0 Å². The maximum atomic E-state index is 12.4. The van der Waals surface area contributed by atoms with Crippen LogP contribution in [0.2, 0.25) is 0 Å². The van der Waals surface area contributed by atoms with Gasteiger partial charge in [-0.05, 0) is 56.8 Å². The van der Waals surface area contributed by atoms with Crippen molar-refractivity contribution in [1.82, 2.24) is 20.4 Å². The van der Waals surface area contributed by atoms with Gasteiger partial charge in [0.05, 0.1) is 6.61 Å². The Hall–Kier alpha value is -2.28. The molecule has 2 N–H and O–H groups in total. The summed E-state index contributed by atoms with van der Waals surface area (Å²) in [5, 5.41) is 6.05. The first-order valence-corrected chi connectivity index (χ1v) is 10.9. The Bertz CT molecular complexity index is 668. The molecule has 7 nitrogen and oxygen atoms in total. The fourth-order valence-electron chi connectivity index (χ4n) is 4.08. The summed E-state index contributed by atoms with van der Waals surface area (Å²) in [7, 11) is 0. The summed E-state index contributed by atoms with van der Waals surface area (Å²) in [6.07, 6.45) is 5.12. The number of carbonyl (C=O) groups excluding carboxylic acids is 2. The number of rotatable bonds is 6. The van der Waals surface area contributed by atoms with Gasteiger partial charge in [-0.25, -0.2) is 9.59 Å². The standard InChI is InChI=1S/C22H34N4O3/c1-2-29-22(28)26-14-10-20(11-15-26)24-21(27)23-16-18-8-4-5-9-19(18)17-25-12-6-3-7-13-25/h4-5,8-9,20H,2-3,6-7,10-17H2,1H3,(H2,23,24,27). The molecular formula is C22H34N4O3. The highest BCUT2D eigenvalue weighted by molar-refractivity contribution is 5.74. The molecule has 0 saturated carbocycles. The maximum absolute atomic E-state index is 12.4. The van der Waals surface area contributed by atoms with E-state index < -0.39 is 0 Å². The van der Waals surface area contributed by atoms with E-state index in [9.17, 15) is 9.59 Å². The number of urea groups is 1. The summed E-state index contributed by atoms with van der Waals surface area (Å²) in [6.45, 7) is 7.22. The lowest BCUT2D eigenvalue weighted by atomic mass is 10.0. The first-order chi connectivity index (χ1) is 14.2. The van der Waals surface area contributed by atoms with Crippen LogP contribution in [0, 0.1) is 0 Å². The fraction of sp³-hybridized carbons (Fsp3) is 0.636. The molecule has 7 heteroatoms. The quantitative estimate of drug-likeness (QED) is 0.767. The lowest BCUT2D eigenvalue weighted by Gasteiger charge is -2.31. The number of likely N-dealkylation sites (tertiary alicyclic amines) is 2. The molecule has 0 aliphatic carbocycles. The van der Waals surface area contributed by atoms with E-state index in [0.717, 1.165) is 32.5 Å². The maximum Gasteiger partial charge on any atom is 0.409 e. The van der Waals surface area contributed by atoms with Crippen molar-refractivity contribution in [3.63, 3.8) is 0 Å². The molecule has 2 aliphatic rings. The molecule has 1 aromatic carbocycles. The van der Waals surface area contributed by atoms with Crippen LogP contribution < -0.4 is 10.6 Å². The molecule has 29 heavy (non-hydrogen) atoms. The van der Waals surface area contributed by atoms with Gasteiger partial charge in [0.15, 0.2) is 0 Å². The first kappa shape index (κ1) is 21.4. The topological polar surface area (TPSA) is 73.9 Å². The number of amides is 3. The summed E-state index contributed by atoms with van der Waals surface area (Å²) in [5.74, 6) is 0. The van der Waals surface area contributed by atoms with Gasteiger partial charge in [0.25, 0.3) is 0 Å². The van der Waals surface area contributed by atoms with Crippen LogP contribution >= 0.6 is 0 Å². The summed E-state index contributed by atoms with van der Waals surface area (Å²) in [6, 6.07) is 8.29. The SMILES string of the molecule is CCOC(=O)N1CCC(NC(=O)NCc2ccccc2CN2CCCCC2)CC1. The highest BCUT2D eigenvalue weighted by Gasteiger charge is 2.24. The smallest absolute Gasteiger partial charge is 0.409 e. The Labute approximate surface area is 173 Å². The van der Waals surface area contributed by atoms with Crippen LogP contribution in [0.1, 0.15) is 50.2 Å². The van der Waals surface area contributed by atoms with Crippen LogP contribution in [0.15, 0.2) is 24.3 Å². The third kappa shape index (κ3) is 6.63. The zero-order valence-electron chi connectivity index (χ0n) is 17.5. The van der Waals surface area contributed by atoms with E-state index in [1.165, 1.54) is 30.4 Å². The van der Waals surface area contributed by atoms with Gasteiger partial charge in [0.1, 0.15) is 0 Å². The summed E-state index contributed by atoms with van der Waals surface area (Å²) < 4.78 is 5.03. The lowest BCUT2D eigenvalue weighted by Crippen LogP contribution is -2.49. The summed E-state index contributed by atoms with van der Waals surface area (Å²) in [4.78, 5) is 28.3. The van der Waals surface area contributed by atoms with E-state index in [4.69, 9.17) is 4.74 Å². The van der Waals surface area contributed by atoms with E-state index in [-0.39, 0.29) is 18.2 Å². The molecule has 0 radical (unpaired) electrons. The molecule has 1 aromatic rings. The Morgan fingerprint density at radius 1 is 1.03 bits per heavy atom. The van der Waals surface area contributed by atoms with Gasteiger partial charge in [0.2, 0.25) is 0 Å². The zero-order chi connectivity index (χ0) is 20.5. The molecule has 0 spiro atoms. The second-order valence-corrected chi connectivity index (χ2v) is 7.89. The van der Waals surface area contributed by atoms with Gasteiger partial charge in [-0.15, -0.1) is 0 Å². The van der Waals surface area contributed by atoms with Gasteiger partial charge in [-0.3, -0.25) is 4.90 Å². The van der Waals surface area contributed by atoms with E-state index in [2.05, 4.69) is 33.7 Å². The Morgan fingerprint density at radius 3 is 2.41 bits per heavy atom. The monoisotopic (exact) mass is 402 g/mol. The first-order valence-electron chi connectivity index (χ1n) is 10.9. The van der Waals surface area contributed by atoms with Gasteiger partial charge >= 0.3 is 12.1 Å². The van der Waals surface area contributed by atoms with Crippen molar-refractivity contribution in [1.29, 1.82) is 0 Å². The molecule has 0 unspecified atom stereocenters. The number of piperidine rings is 2. The second-order valence-electron chi connectivity index (χ2n) is 7.89. The Balaban J connectivity index is 1.42. The molecular weight excluding hydrogens is 368 g/mol. The molecule has 0 atom stereocenters. The minimum atomic E-state index is -0.263. The highest BCUT2D eigenvalue weighted by Crippen LogP contribution is 2.16. The van der Waals surface area contributed by atoms with Crippen molar-refractivity contribution in [3.8, 4) is 0 Å². The van der Waals surface area contributed by atoms with E-state index >= 15 is 0 Å². The second kappa shape index (κ2) is 11.0. The normalized spacial score (nSPS) is 18.3. The van der Waals surface area contributed by atoms with Crippen LogP contribution in [0.3, 0.4) is 0 Å².